The van der Waals surface area contributed by atoms with E-state index < -0.39 is 0 Å². The number of aromatic nitrogens is 3. The molecule has 0 aromatic carbocycles. The van der Waals surface area contributed by atoms with Gasteiger partial charge in [0, 0.05) is 5.71 Å². The summed E-state index contributed by atoms with van der Waals surface area (Å²) in [6, 6.07) is 0.223. The molecule has 0 bridgehead atoms. The highest BCUT2D eigenvalue weighted by Gasteiger charge is 2.11. The van der Waals surface area contributed by atoms with Gasteiger partial charge in [-0.3, -0.25) is 5.10 Å². The highest BCUT2D eigenvalue weighted by molar-refractivity contribution is 5.93. The number of hydrogen-bond acceptors (Lipinski definition) is 4. The third-order valence-corrected chi connectivity index (χ3v) is 2.19. The van der Waals surface area contributed by atoms with Crippen molar-refractivity contribution in [2.24, 2.45) is 0 Å². The number of H-pyrrole nitrogens is 1. The number of rotatable bonds is 6. The number of hydrogen-bond donors (Lipinski definition) is 3. The van der Waals surface area contributed by atoms with Crippen LogP contribution in [0.3, 0.4) is 0 Å². The fraction of sp³-hybridized carbons (Fsp3) is 0.615. The van der Waals surface area contributed by atoms with Crippen LogP contribution in [0.2, 0.25) is 0 Å². The molecule has 1 heterocycles. The lowest BCUT2D eigenvalue weighted by Gasteiger charge is -2.11. The molecule has 102 valence electrons. The first-order valence-electron chi connectivity index (χ1n) is 6.56. The van der Waals surface area contributed by atoms with E-state index in [-0.39, 0.29) is 6.04 Å². The molecule has 0 radical (unpaired) electrons. The molecule has 0 aliphatic carbocycles. The largest absolute Gasteiger partial charge is 0.308 e. The van der Waals surface area contributed by atoms with E-state index in [1.54, 1.807) is 19.1 Å². The van der Waals surface area contributed by atoms with Gasteiger partial charge in [0.2, 0.25) is 0 Å². The van der Waals surface area contributed by atoms with Crippen molar-refractivity contribution < 1.29 is 0 Å². The summed E-state index contributed by atoms with van der Waals surface area (Å²) in [6.07, 6.45) is 4.39. The van der Waals surface area contributed by atoms with E-state index in [9.17, 15) is 0 Å². The summed E-state index contributed by atoms with van der Waals surface area (Å²) in [7, 11) is 0. The molecule has 1 unspecified atom stereocenters. The minimum absolute atomic E-state index is 0.223. The fourth-order valence-corrected chi connectivity index (χ4v) is 1.40. The molecule has 0 fully saturated rings. The van der Waals surface area contributed by atoms with Crippen LogP contribution in [0.15, 0.2) is 6.08 Å². The zero-order valence-electron chi connectivity index (χ0n) is 12.0. The molecule has 1 aromatic rings. The van der Waals surface area contributed by atoms with Gasteiger partial charge in [0.1, 0.15) is 5.82 Å². The Hall–Kier alpha value is -1.49. The maximum absolute atomic E-state index is 7.27. The van der Waals surface area contributed by atoms with Crippen LogP contribution in [-0.4, -0.2) is 27.4 Å². The van der Waals surface area contributed by atoms with Crippen molar-refractivity contribution in [1.29, 1.82) is 5.41 Å². The predicted molar refractivity (Wildman–Crippen MR) is 76.9 cm³/mol. The van der Waals surface area contributed by atoms with Crippen LogP contribution in [0.4, 0.5) is 0 Å². The summed E-state index contributed by atoms with van der Waals surface area (Å²) in [4.78, 5) is 4.36. The quantitative estimate of drug-likeness (QED) is 0.680. The van der Waals surface area contributed by atoms with Gasteiger partial charge in [-0.05, 0) is 32.0 Å². The average molecular weight is 251 g/mol. The molecule has 0 aliphatic rings. The second kappa shape index (κ2) is 9.53. The predicted octanol–water partition coefficient (Wildman–Crippen LogP) is 2.94. The van der Waals surface area contributed by atoms with E-state index in [1.807, 2.05) is 13.8 Å². The molecule has 0 aliphatic heterocycles. The van der Waals surface area contributed by atoms with E-state index in [2.05, 4.69) is 34.3 Å². The van der Waals surface area contributed by atoms with Crippen molar-refractivity contribution in [3.8, 4) is 0 Å². The average Bonchev–Trinajstić information content (AvgIpc) is 2.84. The lowest BCUT2D eigenvalue weighted by atomic mass is 10.2. The topological polar surface area (TPSA) is 77.5 Å². The first-order chi connectivity index (χ1) is 8.67. The summed E-state index contributed by atoms with van der Waals surface area (Å²) in [5.74, 6) is 1.48. The summed E-state index contributed by atoms with van der Waals surface area (Å²) in [6.45, 7) is 10.8. The van der Waals surface area contributed by atoms with Gasteiger partial charge in [0.15, 0.2) is 5.82 Å². The molecule has 5 heteroatoms. The monoisotopic (exact) mass is 251 g/mol. The molecule has 0 amide bonds. The lowest BCUT2D eigenvalue weighted by molar-refractivity contribution is 0.512. The number of aromatic amines is 1. The third-order valence-electron chi connectivity index (χ3n) is 2.19. The van der Waals surface area contributed by atoms with Crippen molar-refractivity contribution in [2.45, 2.75) is 47.1 Å². The molecule has 1 rings (SSSR count). The van der Waals surface area contributed by atoms with Gasteiger partial charge in [-0.2, -0.15) is 5.10 Å². The Balaban J connectivity index is 0.00000137. The molecule has 1 atom stereocenters. The van der Waals surface area contributed by atoms with Crippen molar-refractivity contribution in [1.82, 2.24) is 20.5 Å². The normalized spacial score (nSPS) is 12.1. The van der Waals surface area contributed by atoms with E-state index in [1.165, 1.54) is 0 Å². The first kappa shape index (κ1) is 16.5. The van der Waals surface area contributed by atoms with Crippen LogP contribution < -0.4 is 5.32 Å². The summed E-state index contributed by atoms with van der Waals surface area (Å²) in [5.41, 5.74) is 0.491. The van der Waals surface area contributed by atoms with Crippen molar-refractivity contribution in [2.75, 3.05) is 6.54 Å². The van der Waals surface area contributed by atoms with Crippen LogP contribution in [0, 0.1) is 5.41 Å². The van der Waals surface area contributed by atoms with Crippen LogP contribution >= 0.6 is 0 Å². The summed E-state index contributed by atoms with van der Waals surface area (Å²) < 4.78 is 0. The van der Waals surface area contributed by atoms with Crippen LogP contribution in [0.1, 0.15) is 58.7 Å². The Morgan fingerprint density at radius 1 is 1.44 bits per heavy atom. The maximum atomic E-state index is 7.27. The van der Waals surface area contributed by atoms with Crippen LogP contribution in [0.25, 0.3) is 6.08 Å². The van der Waals surface area contributed by atoms with Crippen molar-refractivity contribution in [3.05, 3.63) is 17.7 Å². The van der Waals surface area contributed by atoms with Crippen molar-refractivity contribution >= 4 is 11.8 Å². The number of nitrogens with one attached hydrogen (secondary N) is 3. The number of nitrogens with zero attached hydrogens (tertiary/aromatic N) is 2. The Morgan fingerprint density at radius 2 is 2.11 bits per heavy atom. The number of allylic oxidation sites excluding steroid dienone is 1. The van der Waals surface area contributed by atoms with Gasteiger partial charge >= 0.3 is 0 Å². The molecule has 3 N–H and O–H groups in total. The first-order valence-corrected chi connectivity index (χ1v) is 6.56. The molecule has 1 aromatic heterocycles. The smallest absolute Gasteiger partial charge is 0.174 e. The minimum atomic E-state index is 0.223. The highest BCUT2D eigenvalue weighted by Crippen LogP contribution is 2.11. The fourth-order valence-electron chi connectivity index (χ4n) is 1.40. The molecule has 0 saturated heterocycles. The Labute approximate surface area is 110 Å². The van der Waals surface area contributed by atoms with Gasteiger partial charge in [0.05, 0.1) is 6.04 Å². The second-order valence-corrected chi connectivity index (χ2v) is 3.61. The molecular weight excluding hydrogens is 226 g/mol. The minimum Gasteiger partial charge on any atom is -0.308 e. The maximum Gasteiger partial charge on any atom is 0.174 e. The van der Waals surface area contributed by atoms with Crippen molar-refractivity contribution in [3.63, 3.8) is 0 Å². The lowest BCUT2D eigenvalue weighted by Crippen LogP contribution is -2.21. The van der Waals surface area contributed by atoms with E-state index in [0.717, 1.165) is 18.8 Å². The van der Waals surface area contributed by atoms with E-state index in [0.29, 0.717) is 11.5 Å². The van der Waals surface area contributed by atoms with Crippen LogP contribution in [-0.2, 0) is 0 Å². The van der Waals surface area contributed by atoms with Crippen LogP contribution in [0.5, 0.6) is 0 Å². The standard InChI is InChI=1S/C11H19N5.C2H6/c1-4-9(13-5-2)11-14-10(15-16-11)7-6-8(3)12;1-2/h6-7,9,12-13H,4-5H2,1-3H3,(H,14,15,16);1-2H3/b7-6-,12-8?;. The van der Waals surface area contributed by atoms with Gasteiger partial charge in [-0.15, -0.1) is 0 Å². The molecule has 0 spiro atoms. The Morgan fingerprint density at radius 3 is 2.61 bits per heavy atom. The summed E-state index contributed by atoms with van der Waals surface area (Å²) >= 11 is 0. The third kappa shape index (κ3) is 5.72. The second-order valence-electron chi connectivity index (χ2n) is 3.61. The highest BCUT2D eigenvalue weighted by atomic mass is 15.2. The SMILES string of the molecule is CC.CCNC(CC)c1nc(/C=C\C(C)=N)n[nH]1. The van der Waals surface area contributed by atoms with Gasteiger partial charge in [-0.1, -0.05) is 27.7 Å². The summed E-state index contributed by atoms with van der Waals surface area (Å²) in [5, 5.41) is 17.6. The molecular formula is C13H25N5. The zero-order valence-corrected chi connectivity index (χ0v) is 12.0. The molecule has 18 heavy (non-hydrogen) atoms. The van der Waals surface area contributed by atoms with E-state index >= 15 is 0 Å². The zero-order chi connectivity index (χ0) is 14.0. The van der Waals surface area contributed by atoms with Gasteiger partial charge in [-0.25, -0.2) is 4.98 Å². The van der Waals surface area contributed by atoms with Gasteiger partial charge < -0.3 is 10.7 Å². The molecule has 0 saturated carbocycles. The van der Waals surface area contributed by atoms with E-state index in [4.69, 9.17) is 5.41 Å². The van der Waals surface area contributed by atoms with Gasteiger partial charge in [0.25, 0.3) is 0 Å². The molecule has 5 nitrogen and oxygen atoms in total. The Bertz CT molecular complexity index is 367. The Kier molecular flexibility index (Phi) is 8.74.